The summed E-state index contributed by atoms with van der Waals surface area (Å²) >= 11 is 1.28. The SMILES string of the molecule is O=C1C(Nc2cccc(OC(F)(F)F)c2)=C(c2cccs2)C(=O)N1Cc1cccnc1. The maximum atomic E-state index is 13.1. The van der Waals surface area contributed by atoms with Crippen molar-refractivity contribution in [3.8, 4) is 5.75 Å². The molecule has 0 saturated heterocycles. The van der Waals surface area contributed by atoms with Crippen molar-refractivity contribution in [2.75, 3.05) is 5.32 Å². The minimum absolute atomic E-state index is 0.0134. The van der Waals surface area contributed by atoms with Crippen LogP contribution in [0.1, 0.15) is 10.4 Å². The Morgan fingerprint density at radius 2 is 1.90 bits per heavy atom. The number of nitrogens with zero attached hydrogens (tertiary/aromatic N) is 2. The maximum Gasteiger partial charge on any atom is 0.573 e. The van der Waals surface area contributed by atoms with Gasteiger partial charge < -0.3 is 10.1 Å². The van der Waals surface area contributed by atoms with Gasteiger partial charge in [-0.1, -0.05) is 18.2 Å². The second-order valence-corrected chi connectivity index (χ2v) is 7.43. The average Bonchev–Trinajstić information content (AvgIpc) is 3.31. The largest absolute Gasteiger partial charge is 0.573 e. The third kappa shape index (κ3) is 4.58. The van der Waals surface area contributed by atoms with Crippen LogP contribution in [0.2, 0.25) is 0 Å². The van der Waals surface area contributed by atoms with Crippen molar-refractivity contribution in [1.29, 1.82) is 0 Å². The molecule has 0 bridgehead atoms. The lowest BCUT2D eigenvalue weighted by Crippen LogP contribution is -2.32. The molecule has 158 valence electrons. The molecule has 3 heterocycles. The Kier molecular flexibility index (Phi) is 5.47. The first-order valence-corrected chi connectivity index (χ1v) is 9.86. The molecule has 31 heavy (non-hydrogen) atoms. The number of amides is 2. The molecule has 10 heteroatoms. The van der Waals surface area contributed by atoms with Gasteiger partial charge >= 0.3 is 6.36 Å². The van der Waals surface area contributed by atoms with Crippen LogP contribution >= 0.6 is 11.3 Å². The van der Waals surface area contributed by atoms with E-state index in [0.717, 1.165) is 17.0 Å². The van der Waals surface area contributed by atoms with Gasteiger partial charge in [0.05, 0.1) is 12.1 Å². The van der Waals surface area contributed by atoms with E-state index in [-0.39, 0.29) is 23.5 Å². The monoisotopic (exact) mass is 445 g/mol. The Morgan fingerprint density at radius 1 is 1.06 bits per heavy atom. The molecule has 0 fully saturated rings. The van der Waals surface area contributed by atoms with Crippen LogP contribution < -0.4 is 10.1 Å². The molecule has 0 saturated carbocycles. The van der Waals surface area contributed by atoms with E-state index in [0.29, 0.717) is 10.4 Å². The fraction of sp³-hybridized carbons (Fsp3) is 0.0952. The molecule has 3 aromatic rings. The quantitative estimate of drug-likeness (QED) is 0.569. The van der Waals surface area contributed by atoms with E-state index < -0.39 is 23.9 Å². The predicted octanol–water partition coefficient (Wildman–Crippen LogP) is 4.43. The number of carbonyl (C=O) groups is 2. The molecule has 2 amide bonds. The van der Waals surface area contributed by atoms with Crippen LogP contribution in [0.3, 0.4) is 0 Å². The molecule has 0 radical (unpaired) electrons. The van der Waals surface area contributed by atoms with Gasteiger partial charge in [0, 0.05) is 29.0 Å². The van der Waals surface area contributed by atoms with E-state index in [9.17, 15) is 22.8 Å². The molecule has 0 aliphatic carbocycles. The lowest BCUT2D eigenvalue weighted by atomic mass is 10.2. The molecule has 4 rings (SSSR count). The number of hydrogen-bond acceptors (Lipinski definition) is 6. The standard InChI is InChI=1S/C21H14F3N3O3S/c22-21(23,24)30-15-6-1-5-14(10-15)26-18-17(16-7-3-9-31-16)19(28)27(20(18)29)12-13-4-2-8-25-11-13/h1-11,26H,12H2. The highest BCUT2D eigenvalue weighted by Crippen LogP contribution is 2.34. The number of benzene rings is 1. The van der Waals surface area contributed by atoms with Gasteiger partial charge in [-0.2, -0.15) is 0 Å². The molecule has 6 nitrogen and oxygen atoms in total. The zero-order valence-corrected chi connectivity index (χ0v) is 16.5. The van der Waals surface area contributed by atoms with Crippen LogP contribution in [0, 0.1) is 0 Å². The van der Waals surface area contributed by atoms with E-state index in [1.807, 2.05) is 0 Å². The van der Waals surface area contributed by atoms with Crippen LogP contribution in [0.15, 0.2) is 72.0 Å². The number of alkyl halides is 3. The first-order valence-electron chi connectivity index (χ1n) is 8.98. The molecule has 0 atom stereocenters. The fourth-order valence-corrected chi connectivity index (χ4v) is 3.84. The molecule has 1 aromatic carbocycles. The molecule has 1 aliphatic heterocycles. The molecule has 1 aliphatic rings. The summed E-state index contributed by atoms with van der Waals surface area (Å²) in [5.74, 6) is -1.53. The van der Waals surface area contributed by atoms with Crippen LogP contribution in [0.4, 0.5) is 18.9 Å². The second kappa shape index (κ2) is 8.23. The van der Waals surface area contributed by atoms with Gasteiger partial charge in [0.2, 0.25) is 0 Å². The predicted molar refractivity (Wildman–Crippen MR) is 108 cm³/mol. The van der Waals surface area contributed by atoms with Crippen LogP contribution in [-0.2, 0) is 16.1 Å². The summed E-state index contributed by atoms with van der Waals surface area (Å²) in [7, 11) is 0. The summed E-state index contributed by atoms with van der Waals surface area (Å²) in [5, 5.41) is 4.58. The molecule has 0 unspecified atom stereocenters. The second-order valence-electron chi connectivity index (χ2n) is 6.49. The number of anilines is 1. The highest BCUT2D eigenvalue weighted by Gasteiger charge is 2.39. The van der Waals surface area contributed by atoms with E-state index >= 15 is 0 Å². The van der Waals surface area contributed by atoms with Crippen molar-refractivity contribution >= 4 is 34.4 Å². The summed E-state index contributed by atoms with van der Waals surface area (Å²) in [6.07, 6.45) is -1.72. The number of rotatable bonds is 6. The molecule has 0 spiro atoms. The van der Waals surface area contributed by atoms with Crippen molar-refractivity contribution in [3.63, 3.8) is 0 Å². The van der Waals surface area contributed by atoms with E-state index in [2.05, 4.69) is 15.0 Å². The zero-order valence-electron chi connectivity index (χ0n) is 15.7. The Hall–Kier alpha value is -3.66. The highest BCUT2D eigenvalue weighted by molar-refractivity contribution is 7.11. The minimum atomic E-state index is -4.85. The first-order chi connectivity index (χ1) is 14.8. The first kappa shape index (κ1) is 20.6. The summed E-state index contributed by atoms with van der Waals surface area (Å²) in [4.78, 5) is 31.8. The molecular formula is C21H14F3N3O3S. The average molecular weight is 445 g/mol. The number of imide groups is 1. The normalized spacial score (nSPS) is 14.4. The summed E-state index contributed by atoms with van der Waals surface area (Å²) in [6.45, 7) is 0.0167. The number of carbonyl (C=O) groups excluding carboxylic acids is 2. The van der Waals surface area contributed by atoms with Crippen molar-refractivity contribution in [2.45, 2.75) is 12.9 Å². The number of nitrogens with one attached hydrogen (secondary N) is 1. The van der Waals surface area contributed by atoms with Crippen LogP contribution in [0.5, 0.6) is 5.75 Å². The Morgan fingerprint density at radius 3 is 2.58 bits per heavy atom. The Balaban J connectivity index is 1.67. The van der Waals surface area contributed by atoms with Crippen LogP contribution in [-0.4, -0.2) is 28.1 Å². The number of ether oxygens (including phenoxy) is 1. The Labute approximate surface area is 178 Å². The topological polar surface area (TPSA) is 71.5 Å². The fourth-order valence-electron chi connectivity index (χ4n) is 3.07. The number of thiophene rings is 1. The van der Waals surface area contributed by atoms with E-state index in [1.165, 1.54) is 23.5 Å². The number of pyridine rings is 1. The maximum absolute atomic E-state index is 13.1. The van der Waals surface area contributed by atoms with E-state index in [1.54, 1.807) is 42.0 Å². The molecular weight excluding hydrogens is 431 g/mol. The lowest BCUT2D eigenvalue weighted by molar-refractivity contribution is -0.274. The summed E-state index contributed by atoms with van der Waals surface area (Å²) in [5.41, 5.74) is 0.985. The van der Waals surface area contributed by atoms with Crippen LogP contribution in [0.25, 0.3) is 5.57 Å². The molecule has 2 aromatic heterocycles. The third-order valence-electron chi connectivity index (χ3n) is 4.34. The van der Waals surface area contributed by atoms with Gasteiger partial charge in [0.1, 0.15) is 11.4 Å². The smallest absolute Gasteiger partial charge is 0.406 e. The summed E-state index contributed by atoms with van der Waals surface area (Å²) in [6, 6.07) is 11.9. The van der Waals surface area contributed by atoms with Gasteiger partial charge in [0.25, 0.3) is 11.8 Å². The van der Waals surface area contributed by atoms with Gasteiger partial charge in [0.15, 0.2) is 0 Å². The van der Waals surface area contributed by atoms with Crippen molar-refractivity contribution < 1.29 is 27.5 Å². The van der Waals surface area contributed by atoms with Crippen molar-refractivity contribution in [3.05, 3.63) is 82.4 Å². The van der Waals surface area contributed by atoms with Gasteiger partial charge in [-0.3, -0.25) is 19.5 Å². The van der Waals surface area contributed by atoms with E-state index in [4.69, 9.17) is 0 Å². The van der Waals surface area contributed by atoms with Gasteiger partial charge in [-0.05, 0) is 35.2 Å². The van der Waals surface area contributed by atoms with Gasteiger partial charge in [-0.25, -0.2) is 0 Å². The number of hydrogen-bond donors (Lipinski definition) is 1. The summed E-state index contributed by atoms with van der Waals surface area (Å²) < 4.78 is 41.5. The number of aromatic nitrogens is 1. The lowest BCUT2D eigenvalue weighted by Gasteiger charge is -2.15. The number of halogens is 3. The highest BCUT2D eigenvalue weighted by atomic mass is 32.1. The van der Waals surface area contributed by atoms with Crippen molar-refractivity contribution in [1.82, 2.24) is 9.88 Å². The zero-order chi connectivity index (χ0) is 22.0. The minimum Gasteiger partial charge on any atom is -0.406 e. The third-order valence-corrected chi connectivity index (χ3v) is 5.22. The van der Waals surface area contributed by atoms with Crippen molar-refractivity contribution in [2.24, 2.45) is 0 Å². The Bertz CT molecular complexity index is 1150. The van der Waals surface area contributed by atoms with Gasteiger partial charge in [-0.15, -0.1) is 24.5 Å². The molecule has 1 N–H and O–H groups in total.